The summed E-state index contributed by atoms with van der Waals surface area (Å²) in [4.78, 5) is 43.5. The van der Waals surface area contributed by atoms with Gasteiger partial charge in [0.25, 0.3) is 5.56 Å². The van der Waals surface area contributed by atoms with Gasteiger partial charge in [-0.3, -0.25) is 14.2 Å². The van der Waals surface area contributed by atoms with Crippen molar-refractivity contribution in [1.29, 1.82) is 0 Å². The Balaban J connectivity index is 1.90. The zero-order valence-electron chi connectivity index (χ0n) is 17.7. The molecular weight excluding hydrogens is 448 g/mol. The number of aromatic nitrogens is 1. The summed E-state index contributed by atoms with van der Waals surface area (Å²) in [6.07, 6.45) is 1.83. The number of ether oxygens (including phenoxy) is 2. The van der Waals surface area contributed by atoms with Crippen LogP contribution in [-0.2, 0) is 14.3 Å². The number of esters is 2. The van der Waals surface area contributed by atoms with Gasteiger partial charge in [0.05, 0.1) is 28.5 Å². The number of benzene rings is 1. The maximum atomic E-state index is 13.4. The van der Waals surface area contributed by atoms with E-state index in [1.807, 2.05) is 23.6 Å². The average molecular weight is 469 g/mol. The smallest absolute Gasteiger partial charge is 0.338 e. The normalized spacial score (nSPS) is 15.8. The number of hydrogen-bond acceptors (Lipinski definition) is 8. The highest BCUT2D eigenvalue weighted by atomic mass is 32.1. The fraction of sp³-hybridized carbons (Fsp3) is 0.217. The van der Waals surface area contributed by atoms with Crippen LogP contribution in [0.15, 0.2) is 62.8 Å². The van der Waals surface area contributed by atoms with Crippen LogP contribution in [0.2, 0.25) is 0 Å². The molecule has 164 valence electrons. The molecule has 2 aromatic heterocycles. The summed E-state index contributed by atoms with van der Waals surface area (Å²) in [6.45, 7) is 5.00. The topological polar surface area (TPSA) is 87.0 Å². The van der Waals surface area contributed by atoms with Gasteiger partial charge < -0.3 is 9.47 Å². The summed E-state index contributed by atoms with van der Waals surface area (Å²) in [5.41, 5.74) is 1.26. The fourth-order valence-electron chi connectivity index (χ4n) is 3.49. The van der Waals surface area contributed by atoms with Crippen LogP contribution in [0.1, 0.15) is 37.3 Å². The Morgan fingerprint density at radius 1 is 1.22 bits per heavy atom. The number of hydrogen-bond donors (Lipinski definition) is 0. The monoisotopic (exact) mass is 468 g/mol. The number of nitrogens with zero attached hydrogens (tertiary/aromatic N) is 2. The molecule has 1 aliphatic rings. The Bertz CT molecular complexity index is 1380. The van der Waals surface area contributed by atoms with Crippen molar-refractivity contribution in [1.82, 2.24) is 4.57 Å². The molecular formula is C23H20N2O5S2. The Morgan fingerprint density at radius 3 is 2.59 bits per heavy atom. The lowest BCUT2D eigenvalue weighted by Gasteiger charge is -2.24. The van der Waals surface area contributed by atoms with E-state index in [2.05, 4.69) is 4.99 Å². The average Bonchev–Trinajstić information content (AvgIpc) is 3.36. The number of thiophene rings is 1. The molecule has 7 nitrogen and oxygen atoms in total. The van der Waals surface area contributed by atoms with Crippen molar-refractivity contribution in [3.8, 4) is 5.75 Å². The third kappa shape index (κ3) is 4.21. The van der Waals surface area contributed by atoms with Gasteiger partial charge in [-0.15, -0.1) is 11.3 Å². The molecule has 32 heavy (non-hydrogen) atoms. The van der Waals surface area contributed by atoms with E-state index in [4.69, 9.17) is 9.47 Å². The number of fused-ring (bicyclic) bond motifs is 1. The van der Waals surface area contributed by atoms with Crippen LogP contribution in [0, 0.1) is 0 Å². The number of carbonyl (C=O) groups excluding carboxylic acids is 2. The molecule has 0 fully saturated rings. The molecule has 0 radical (unpaired) electrons. The summed E-state index contributed by atoms with van der Waals surface area (Å²) >= 11 is 2.82. The van der Waals surface area contributed by atoms with E-state index in [-0.39, 0.29) is 12.2 Å². The lowest BCUT2D eigenvalue weighted by molar-refractivity contribution is -0.139. The molecule has 0 aliphatic carbocycles. The van der Waals surface area contributed by atoms with E-state index in [0.717, 1.165) is 4.88 Å². The van der Waals surface area contributed by atoms with Gasteiger partial charge in [0, 0.05) is 11.8 Å². The van der Waals surface area contributed by atoms with Gasteiger partial charge in [0.1, 0.15) is 5.75 Å². The van der Waals surface area contributed by atoms with E-state index in [9.17, 15) is 14.4 Å². The van der Waals surface area contributed by atoms with Crippen molar-refractivity contribution in [3.05, 3.63) is 83.2 Å². The summed E-state index contributed by atoms with van der Waals surface area (Å²) < 4.78 is 12.5. The molecule has 0 bridgehead atoms. The molecule has 1 aliphatic heterocycles. The van der Waals surface area contributed by atoms with Crippen molar-refractivity contribution in [2.24, 2.45) is 4.99 Å². The Kier molecular flexibility index (Phi) is 6.20. The van der Waals surface area contributed by atoms with Gasteiger partial charge in [-0.05, 0) is 49.1 Å². The third-order valence-electron chi connectivity index (χ3n) is 4.79. The minimum absolute atomic E-state index is 0.205. The first-order chi connectivity index (χ1) is 15.4. The van der Waals surface area contributed by atoms with Crippen LogP contribution in [0.25, 0.3) is 6.08 Å². The molecule has 1 atom stereocenters. The Labute approximate surface area is 191 Å². The summed E-state index contributed by atoms with van der Waals surface area (Å²) in [7, 11) is 0. The molecule has 0 amide bonds. The highest BCUT2D eigenvalue weighted by Crippen LogP contribution is 2.31. The van der Waals surface area contributed by atoms with E-state index in [0.29, 0.717) is 31.9 Å². The number of thiazole rings is 1. The van der Waals surface area contributed by atoms with Crippen molar-refractivity contribution in [2.45, 2.75) is 26.8 Å². The zero-order valence-corrected chi connectivity index (χ0v) is 19.3. The van der Waals surface area contributed by atoms with Crippen LogP contribution in [0.4, 0.5) is 0 Å². The molecule has 3 aromatic rings. The maximum absolute atomic E-state index is 13.4. The SMILES string of the molecule is CCOC(=O)C1=C(C)N=c2s/c(=C/c3cccs3)c(=O)n2[C@H]1c1ccc(OC(C)=O)cc1. The summed E-state index contributed by atoms with van der Waals surface area (Å²) in [5.74, 6) is -0.567. The fourth-order valence-corrected chi connectivity index (χ4v) is 5.26. The predicted molar refractivity (Wildman–Crippen MR) is 122 cm³/mol. The van der Waals surface area contributed by atoms with E-state index >= 15 is 0 Å². The van der Waals surface area contributed by atoms with Crippen molar-refractivity contribution >= 4 is 40.7 Å². The minimum Gasteiger partial charge on any atom is -0.463 e. The van der Waals surface area contributed by atoms with Gasteiger partial charge in [0.15, 0.2) is 4.80 Å². The molecule has 0 spiro atoms. The molecule has 1 aromatic carbocycles. The quantitative estimate of drug-likeness (QED) is 0.425. The maximum Gasteiger partial charge on any atom is 0.338 e. The van der Waals surface area contributed by atoms with E-state index in [1.54, 1.807) is 38.1 Å². The Hall–Kier alpha value is -3.30. The zero-order chi connectivity index (χ0) is 22.8. The number of allylic oxidation sites excluding steroid dienone is 1. The highest BCUT2D eigenvalue weighted by Gasteiger charge is 2.33. The lowest BCUT2D eigenvalue weighted by Crippen LogP contribution is -2.39. The van der Waals surface area contributed by atoms with Crippen molar-refractivity contribution in [3.63, 3.8) is 0 Å². The molecule has 9 heteroatoms. The first kappa shape index (κ1) is 21.9. The van der Waals surface area contributed by atoms with Gasteiger partial charge >= 0.3 is 11.9 Å². The van der Waals surface area contributed by atoms with Gasteiger partial charge in [0.2, 0.25) is 0 Å². The molecule has 0 unspecified atom stereocenters. The highest BCUT2D eigenvalue weighted by molar-refractivity contribution is 7.11. The summed E-state index contributed by atoms with van der Waals surface area (Å²) in [6, 6.07) is 9.89. The van der Waals surface area contributed by atoms with Gasteiger partial charge in [-0.2, -0.15) is 0 Å². The molecule has 3 heterocycles. The van der Waals surface area contributed by atoms with E-state index in [1.165, 1.54) is 34.2 Å². The molecule has 0 saturated carbocycles. The minimum atomic E-state index is -0.706. The second-order valence-electron chi connectivity index (χ2n) is 6.98. The Morgan fingerprint density at radius 2 is 1.97 bits per heavy atom. The van der Waals surface area contributed by atoms with Crippen molar-refractivity contribution < 1.29 is 19.1 Å². The van der Waals surface area contributed by atoms with Crippen molar-refractivity contribution in [2.75, 3.05) is 6.61 Å². The molecule has 0 N–H and O–H groups in total. The second kappa shape index (κ2) is 9.05. The van der Waals surface area contributed by atoms with Crippen LogP contribution >= 0.6 is 22.7 Å². The molecule has 4 rings (SSSR count). The van der Waals surface area contributed by atoms with Crippen LogP contribution in [-0.4, -0.2) is 23.1 Å². The first-order valence-electron chi connectivity index (χ1n) is 9.90. The third-order valence-corrected chi connectivity index (χ3v) is 6.59. The van der Waals surface area contributed by atoms with E-state index < -0.39 is 18.0 Å². The van der Waals surface area contributed by atoms with Crippen LogP contribution < -0.4 is 19.6 Å². The number of rotatable bonds is 5. The lowest BCUT2D eigenvalue weighted by atomic mass is 9.96. The standard InChI is InChI=1S/C23H20N2O5S2/c1-4-29-22(28)19-13(2)24-23-25(21(27)18(32-23)12-17-6-5-11-31-17)20(19)15-7-9-16(10-8-15)30-14(3)26/h5-12,20H,4H2,1-3H3/b18-12+/t20-/m0/s1. The molecule has 0 saturated heterocycles. The largest absolute Gasteiger partial charge is 0.463 e. The second-order valence-corrected chi connectivity index (χ2v) is 8.97. The summed E-state index contributed by atoms with van der Waals surface area (Å²) in [5, 5.41) is 1.94. The van der Waals surface area contributed by atoms with Gasteiger partial charge in [-0.1, -0.05) is 29.5 Å². The predicted octanol–water partition coefficient (Wildman–Crippen LogP) is 2.79. The first-order valence-corrected chi connectivity index (χ1v) is 11.6. The van der Waals surface area contributed by atoms with Crippen LogP contribution in [0.3, 0.4) is 0 Å². The van der Waals surface area contributed by atoms with Crippen LogP contribution in [0.5, 0.6) is 5.75 Å². The van der Waals surface area contributed by atoms with Gasteiger partial charge in [-0.25, -0.2) is 9.79 Å². The number of carbonyl (C=O) groups is 2.